The molecule has 0 saturated heterocycles. The predicted molar refractivity (Wildman–Crippen MR) is 133 cm³/mol. The van der Waals surface area contributed by atoms with Crippen molar-refractivity contribution in [3.8, 4) is 0 Å². The maximum absolute atomic E-state index is 13.4. The van der Waals surface area contributed by atoms with Crippen molar-refractivity contribution < 1.29 is 26.3 Å². The molecule has 36 heavy (non-hydrogen) atoms. The molecule has 0 aliphatic carbocycles. The molecule has 0 N–H and O–H groups in total. The van der Waals surface area contributed by atoms with Crippen molar-refractivity contribution in [3.05, 3.63) is 131 Å². The predicted octanol–water partition coefficient (Wildman–Crippen LogP) is 6.61. The molecule has 0 aliphatic rings. The number of rotatable bonds is 6. The number of alkyl halides is 6. The van der Waals surface area contributed by atoms with E-state index in [9.17, 15) is 26.3 Å². The van der Waals surface area contributed by atoms with Crippen LogP contribution in [0.4, 0.5) is 26.3 Å². The first kappa shape index (κ1) is 26.3. The first-order valence-corrected chi connectivity index (χ1v) is 14.1. The van der Waals surface area contributed by atoms with E-state index in [2.05, 4.69) is 0 Å². The average Bonchev–Trinajstić information content (AvgIpc) is 2.86. The van der Waals surface area contributed by atoms with Crippen LogP contribution < -0.4 is 8.92 Å². The summed E-state index contributed by atoms with van der Waals surface area (Å²) in [6.07, 6.45) is -8.93. The Morgan fingerprint density at radius 1 is 0.444 bits per heavy atom. The maximum atomic E-state index is 13.4. The number of benzene rings is 4. The monoisotopic (exact) mass is 628 g/mol. The Morgan fingerprint density at radius 3 is 1.14 bits per heavy atom. The van der Waals surface area contributed by atoms with Gasteiger partial charge in [-0.15, -0.1) is 0 Å². The second kappa shape index (κ2) is 11.1. The summed E-state index contributed by atoms with van der Waals surface area (Å²) in [6, 6.07) is 29.1. The first-order valence-electron chi connectivity index (χ1n) is 10.7. The summed E-state index contributed by atoms with van der Waals surface area (Å²) in [4.78, 5) is 0. The zero-order valence-electron chi connectivity index (χ0n) is 18.5. The summed E-state index contributed by atoms with van der Waals surface area (Å²) >= 11 is -1.09. The Balaban J connectivity index is 1.89. The molecule has 0 aromatic heterocycles. The van der Waals surface area contributed by atoms with E-state index in [1.54, 1.807) is 12.1 Å². The summed E-state index contributed by atoms with van der Waals surface area (Å²) < 4.78 is 83.0. The van der Waals surface area contributed by atoms with Crippen LogP contribution in [0.1, 0.15) is 22.3 Å². The Labute approximate surface area is 217 Å². The van der Waals surface area contributed by atoms with Gasteiger partial charge in [0, 0.05) is 0 Å². The van der Waals surface area contributed by atoms with Crippen molar-refractivity contribution in [2.45, 2.75) is 12.4 Å². The Kier molecular flexibility index (Phi) is 8.11. The number of halogens is 6. The van der Waals surface area contributed by atoms with Gasteiger partial charge in [0.1, 0.15) is 0 Å². The van der Waals surface area contributed by atoms with Crippen LogP contribution >= 0.6 is 0 Å². The van der Waals surface area contributed by atoms with Crippen LogP contribution in [0.5, 0.6) is 0 Å². The number of hydrogen-bond acceptors (Lipinski definition) is 0. The van der Waals surface area contributed by atoms with Crippen LogP contribution in [-0.4, -0.2) is 29.9 Å². The van der Waals surface area contributed by atoms with Gasteiger partial charge in [-0.1, -0.05) is 0 Å². The van der Waals surface area contributed by atoms with Crippen LogP contribution in [-0.2, 0) is 12.4 Å². The van der Waals surface area contributed by atoms with Gasteiger partial charge < -0.3 is 0 Å². The van der Waals surface area contributed by atoms with E-state index in [1.165, 1.54) is 12.1 Å². The van der Waals surface area contributed by atoms with E-state index in [1.807, 2.05) is 60.7 Å². The van der Waals surface area contributed by atoms with Gasteiger partial charge >= 0.3 is 218 Å². The van der Waals surface area contributed by atoms with Crippen LogP contribution in [0, 0.1) is 0 Å². The van der Waals surface area contributed by atoms with Crippen molar-refractivity contribution in [1.29, 1.82) is 0 Å². The molecule has 4 rings (SSSR count). The van der Waals surface area contributed by atoms with Gasteiger partial charge in [0.2, 0.25) is 0 Å². The summed E-state index contributed by atoms with van der Waals surface area (Å²) in [5.41, 5.74) is 0.225. The van der Waals surface area contributed by atoms with Gasteiger partial charge in [-0.2, -0.15) is 0 Å². The molecule has 0 fully saturated rings. The second-order valence-electron chi connectivity index (χ2n) is 7.65. The Morgan fingerprint density at radius 2 is 0.806 bits per heavy atom. The van der Waals surface area contributed by atoms with Crippen LogP contribution in [0.25, 0.3) is 8.94 Å². The summed E-state index contributed by atoms with van der Waals surface area (Å²) in [7, 11) is 0. The van der Waals surface area contributed by atoms with Gasteiger partial charge in [-0.05, 0) is 0 Å². The molecular formula is C28H18F6Se2. The van der Waals surface area contributed by atoms with E-state index >= 15 is 0 Å². The third-order valence-electron chi connectivity index (χ3n) is 5.04. The molecule has 4 aromatic rings. The average molecular weight is 626 g/mol. The molecule has 0 unspecified atom stereocenters. The summed E-state index contributed by atoms with van der Waals surface area (Å²) in [5.74, 6) is 0. The molecule has 0 bridgehead atoms. The van der Waals surface area contributed by atoms with E-state index in [0.29, 0.717) is 8.92 Å². The summed E-state index contributed by atoms with van der Waals surface area (Å²) in [5, 5.41) is 0. The normalized spacial score (nSPS) is 12.8. The van der Waals surface area contributed by atoms with E-state index < -0.39 is 53.4 Å². The van der Waals surface area contributed by atoms with E-state index in [-0.39, 0.29) is 0 Å². The fourth-order valence-corrected chi connectivity index (χ4v) is 8.60. The molecule has 184 valence electrons. The minimum atomic E-state index is -4.47. The van der Waals surface area contributed by atoms with Crippen LogP contribution in [0.3, 0.4) is 0 Å². The standard InChI is InChI=1S/C28H18F6Se2/c29-27(30,31)21-13-7-15-23(17-21)35-25(19-9-3-1-4-10-19)26(20-11-5-2-6-12-20)36-24-16-8-14-22(18-24)28(32,33)34/h1-18H/b26-25+. The fraction of sp³-hybridized carbons (Fsp3) is 0.0714. The minimum absolute atomic E-state index is 0.532. The van der Waals surface area contributed by atoms with Crippen molar-refractivity contribution in [3.63, 3.8) is 0 Å². The molecule has 0 spiro atoms. The third-order valence-corrected chi connectivity index (χ3v) is 10.5. The molecule has 0 aliphatic heterocycles. The topological polar surface area (TPSA) is 0 Å². The molecule has 4 aromatic carbocycles. The van der Waals surface area contributed by atoms with Gasteiger partial charge in [0.15, 0.2) is 0 Å². The molecule has 0 atom stereocenters. The van der Waals surface area contributed by atoms with Crippen LogP contribution in [0.2, 0.25) is 0 Å². The van der Waals surface area contributed by atoms with Crippen molar-refractivity contribution in [2.75, 3.05) is 0 Å². The molecule has 0 radical (unpaired) electrons. The van der Waals surface area contributed by atoms with E-state index in [4.69, 9.17) is 0 Å². The van der Waals surface area contributed by atoms with E-state index in [0.717, 1.165) is 44.3 Å². The Hall–Kier alpha value is -2.76. The first-order chi connectivity index (χ1) is 17.1. The van der Waals surface area contributed by atoms with Gasteiger partial charge in [0.25, 0.3) is 0 Å². The molecule has 0 amide bonds. The van der Waals surface area contributed by atoms with Crippen molar-refractivity contribution in [2.24, 2.45) is 0 Å². The number of hydrogen-bond donors (Lipinski definition) is 0. The quantitative estimate of drug-likeness (QED) is 0.129. The third kappa shape index (κ3) is 6.71. The van der Waals surface area contributed by atoms with Crippen LogP contribution in [0.15, 0.2) is 109 Å². The fourth-order valence-electron chi connectivity index (χ4n) is 3.36. The second-order valence-corrected chi connectivity index (χ2v) is 12.2. The van der Waals surface area contributed by atoms with Gasteiger partial charge in [-0.3, -0.25) is 0 Å². The molecule has 8 heteroatoms. The zero-order chi connectivity index (χ0) is 25.8. The van der Waals surface area contributed by atoms with Gasteiger partial charge in [-0.25, -0.2) is 0 Å². The van der Waals surface area contributed by atoms with Crippen molar-refractivity contribution >= 4 is 47.8 Å². The van der Waals surface area contributed by atoms with Crippen molar-refractivity contribution in [1.82, 2.24) is 0 Å². The molecule has 0 heterocycles. The zero-order valence-corrected chi connectivity index (χ0v) is 21.9. The Bertz CT molecular complexity index is 1240. The van der Waals surface area contributed by atoms with Gasteiger partial charge in [0.05, 0.1) is 0 Å². The summed E-state index contributed by atoms with van der Waals surface area (Å²) in [6.45, 7) is 0. The molecule has 0 saturated carbocycles. The molecule has 0 nitrogen and oxygen atoms in total. The molecular weight excluding hydrogens is 608 g/mol. The SMILES string of the molecule is FC(F)(F)c1cccc([Se]/C(=C(/[Se]c2cccc(C(F)(F)F)c2)c2ccccc2)c2ccccc2)c1.